The number of hydrogen-bond donors (Lipinski definition) is 1. The highest BCUT2D eigenvalue weighted by molar-refractivity contribution is 5.91. The van der Waals surface area contributed by atoms with Gasteiger partial charge in [-0.2, -0.15) is 5.10 Å². The van der Waals surface area contributed by atoms with Crippen LogP contribution in [0.2, 0.25) is 0 Å². The van der Waals surface area contributed by atoms with Crippen molar-refractivity contribution in [2.75, 3.05) is 7.11 Å². The Kier molecular flexibility index (Phi) is 3.74. The third kappa shape index (κ3) is 2.49. The minimum Gasteiger partial charge on any atom is -0.496 e. The van der Waals surface area contributed by atoms with Crippen molar-refractivity contribution in [3.05, 3.63) is 35.4 Å². The van der Waals surface area contributed by atoms with Crippen LogP contribution in [0.4, 0.5) is 0 Å². The molecular formula is C14H17N3O3. The van der Waals surface area contributed by atoms with Crippen molar-refractivity contribution >= 4 is 5.97 Å². The normalized spacial score (nSPS) is 10.8. The Labute approximate surface area is 117 Å². The van der Waals surface area contributed by atoms with E-state index >= 15 is 0 Å². The number of carbonyl (C=O) groups is 1. The summed E-state index contributed by atoms with van der Waals surface area (Å²) in [4.78, 5) is 15.6. The molecule has 0 fully saturated rings. The number of rotatable bonds is 4. The number of aromatic carboxylic acids is 1. The van der Waals surface area contributed by atoms with E-state index in [1.807, 2.05) is 20.8 Å². The summed E-state index contributed by atoms with van der Waals surface area (Å²) in [6, 6.07) is 4.94. The Morgan fingerprint density at radius 1 is 1.40 bits per heavy atom. The molecule has 2 rings (SSSR count). The Bertz CT molecular complexity index is 647. The monoisotopic (exact) mass is 275 g/mol. The standard InChI is InChI=1S/C14H17N3O3/c1-8(2)13-15-9(3)16-17(13)10-5-6-12(20-4)11(7-10)14(18)19/h5-8H,1-4H3,(H,18,19). The van der Waals surface area contributed by atoms with Crippen LogP contribution in [-0.2, 0) is 0 Å². The molecule has 0 saturated carbocycles. The summed E-state index contributed by atoms with van der Waals surface area (Å²) >= 11 is 0. The molecule has 0 saturated heterocycles. The van der Waals surface area contributed by atoms with Crippen molar-refractivity contribution in [1.82, 2.24) is 14.8 Å². The van der Waals surface area contributed by atoms with E-state index in [-0.39, 0.29) is 11.5 Å². The van der Waals surface area contributed by atoms with Gasteiger partial charge in [-0.1, -0.05) is 13.8 Å². The van der Waals surface area contributed by atoms with Crippen LogP contribution in [0.25, 0.3) is 5.69 Å². The molecule has 0 atom stereocenters. The Morgan fingerprint density at radius 3 is 2.65 bits per heavy atom. The van der Waals surface area contributed by atoms with Gasteiger partial charge in [-0.3, -0.25) is 0 Å². The molecule has 1 N–H and O–H groups in total. The van der Waals surface area contributed by atoms with Crippen molar-refractivity contribution in [3.8, 4) is 11.4 Å². The number of benzene rings is 1. The zero-order valence-corrected chi connectivity index (χ0v) is 11.9. The smallest absolute Gasteiger partial charge is 0.339 e. The van der Waals surface area contributed by atoms with Gasteiger partial charge in [0, 0.05) is 5.92 Å². The lowest BCUT2D eigenvalue weighted by molar-refractivity contribution is 0.0693. The van der Waals surface area contributed by atoms with Gasteiger partial charge in [0.2, 0.25) is 0 Å². The maximum Gasteiger partial charge on any atom is 0.339 e. The molecule has 0 aliphatic rings. The number of aryl methyl sites for hydroxylation is 1. The molecule has 6 heteroatoms. The fourth-order valence-electron chi connectivity index (χ4n) is 1.99. The molecule has 1 heterocycles. The Hall–Kier alpha value is -2.37. The molecule has 1 aromatic heterocycles. The second kappa shape index (κ2) is 5.32. The second-order valence-corrected chi connectivity index (χ2v) is 4.77. The molecular weight excluding hydrogens is 258 g/mol. The summed E-state index contributed by atoms with van der Waals surface area (Å²) in [5, 5.41) is 13.6. The first-order chi connectivity index (χ1) is 9.43. The molecule has 6 nitrogen and oxygen atoms in total. The van der Waals surface area contributed by atoms with Gasteiger partial charge in [0.1, 0.15) is 23.0 Å². The van der Waals surface area contributed by atoms with Crippen LogP contribution in [0.15, 0.2) is 18.2 Å². The number of carboxylic acid groups (broad SMARTS) is 1. The van der Waals surface area contributed by atoms with Crippen LogP contribution < -0.4 is 4.74 Å². The quantitative estimate of drug-likeness (QED) is 0.927. The number of carboxylic acids is 1. The second-order valence-electron chi connectivity index (χ2n) is 4.77. The van der Waals surface area contributed by atoms with Gasteiger partial charge in [0.15, 0.2) is 0 Å². The van der Waals surface area contributed by atoms with Crippen molar-refractivity contribution in [2.24, 2.45) is 0 Å². The fraction of sp³-hybridized carbons (Fsp3) is 0.357. The van der Waals surface area contributed by atoms with Crippen molar-refractivity contribution in [1.29, 1.82) is 0 Å². The molecule has 106 valence electrons. The summed E-state index contributed by atoms with van der Waals surface area (Å²) < 4.78 is 6.73. The lowest BCUT2D eigenvalue weighted by Crippen LogP contribution is -2.07. The summed E-state index contributed by atoms with van der Waals surface area (Å²) in [7, 11) is 1.45. The molecule has 0 aliphatic carbocycles. The van der Waals surface area contributed by atoms with E-state index in [2.05, 4.69) is 10.1 Å². The van der Waals surface area contributed by atoms with Gasteiger partial charge in [0.25, 0.3) is 0 Å². The predicted octanol–water partition coefficient (Wildman–Crippen LogP) is 2.41. The first-order valence-corrected chi connectivity index (χ1v) is 6.29. The topological polar surface area (TPSA) is 77.2 Å². The summed E-state index contributed by atoms with van der Waals surface area (Å²) in [5.74, 6) is 0.924. The van der Waals surface area contributed by atoms with E-state index in [1.165, 1.54) is 7.11 Å². The average Bonchev–Trinajstić information content (AvgIpc) is 2.80. The highest BCUT2D eigenvalue weighted by Crippen LogP contribution is 2.24. The van der Waals surface area contributed by atoms with Gasteiger partial charge in [-0.15, -0.1) is 0 Å². The van der Waals surface area contributed by atoms with Crippen LogP contribution in [0.3, 0.4) is 0 Å². The molecule has 0 amide bonds. The highest BCUT2D eigenvalue weighted by atomic mass is 16.5. The van der Waals surface area contributed by atoms with Crippen molar-refractivity contribution < 1.29 is 14.6 Å². The largest absolute Gasteiger partial charge is 0.496 e. The fourth-order valence-corrected chi connectivity index (χ4v) is 1.99. The number of ether oxygens (including phenoxy) is 1. The van der Waals surface area contributed by atoms with Gasteiger partial charge < -0.3 is 9.84 Å². The van der Waals surface area contributed by atoms with Gasteiger partial charge in [-0.25, -0.2) is 14.5 Å². The number of hydrogen-bond acceptors (Lipinski definition) is 4. The van der Waals surface area contributed by atoms with E-state index in [0.29, 0.717) is 17.3 Å². The Morgan fingerprint density at radius 2 is 2.10 bits per heavy atom. The average molecular weight is 275 g/mol. The molecule has 2 aromatic rings. The Balaban J connectivity index is 2.59. The van der Waals surface area contributed by atoms with E-state index in [0.717, 1.165) is 5.82 Å². The van der Waals surface area contributed by atoms with Crippen molar-refractivity contribution in [2.45, 2.75) is 26.7 Å². The number of nitrogens with zero attached hydrogens (tertiary/aromatic N) is 3. The maximum atomic E-state index is 11.3. The number of methoxy groups -OCH3 is 1. The molecule has 1 aromatic carbocycles. The third-order valence-electron chi connectivity index (χ3n) is 2.91. The molecule has 0 spiro atoms. The van der Waals surface area contributed by atoms with Gasteiger partial charge in [0.05, 0.1) is 12.8 Å². The van der Waals surface area contributed by atoms with E-state index in [9.17, 15) is 9.90 Å². The molecule has 0 aliphatic heterocycles. The lowest BCUT2D eigenvalue weighted by atomic mass is 10.1. The molecule has 0 radical (unpaired) electrons. The molecule has 20 heavy (non-hydrogen) atoms. The van der Waals surface area contributed by atoms with Gasteiger partial charge >= 0.3 is 5.97 Å². The minimum atomic E-state index is -1.04. The van der Waals surface area contributed by atoms with Crippen molar-refractivity contribution in [3.63, 3.8) is 0 Å². The lowest BCUT2D eigenvalue weighted by Gasteiger charge is -2.11. The summed E-state index contributed by atoms with van der Waals surface area (Å²) in [6.07, 6.45) is 0. The van der Waals surface area contributed by atoms with E-state index in [4.69, 9.17) is 4.74 Å². The molecule has 0 bridgehead atoms. The predicted molar refractivity (Wildman–Crippen MR) is 73.7 cm³/mol. The van der Waals surface area contributed by atoms with Crippen LogP contribution in [0.5, 0.6) is 5.75 Å². The zero-order valence-electron chi connectivity index (χ0n) is 11.9. The van der Waals surface area contributed by atoms with Crippen LogP contribution in [-0.4, -0.2) is 33.0 Å². The van der Waals surface area contributed by atoms with Crippen LogP contribution >= 0.6 is 0 Å². The molecule has 0 unspecified atom stereocenters. The van der Waals surface area contributed by atoms with Crippen LogP contribution in [0, 0.1) is 6.92 Å². The first-order valence-electron chi connectivity index (χ1n) is 6.29. The first kappa shape index (κ1) is 14.0. The SMILES string of the molecule is COc1ccc(-n2nc(C)nc2C(C)C)cc1C(=O)O. The van der Waals surface area contributed by atoms with E-state index in [1.54, 1.807) is 22.9 Å². The minimum absolute atomic E-state index is 0.104. The van der Waals surface area contributed by atoms with E-state index < -0.39 is 5.97 Å². The highest BCUT2D eigenvalue weighted by Gasteiger charge is 2.16. The third-order valence-corrected chi connectivity index (χ3v) is 2.91. The van der Waals surface area contributed by atoms with Gasteiger partial charge in [-0.05, 0) is 25.1 Å². The summed E-state index contributed by atoms with van der Waals surface area (Å²) in [5.41, 5.74) is 0.764. The van der Waals surface area contributed by atoms with Crippen LogP contribution in [0.1, 0.15) is 41.8 Å². The number of aromatic nitrogens is 3. The zero-order chi connectivity index (χ0) is 14.9. The maximum absolute atomic E-state index is 11.3. The summed E-state index contributed by atoms with van der Waals surface area (Å²) in [6.45, 7) is 5.84.